The van der Waals surface area contributed by atoms with E-state index >= 15 is 0 Å². The fourth-order valence-corrected chi connectivity index (χ4v) is 3.26. The molecule has 0 atom stereocenters. The summed E-state index contributed by atoms with van der Waals surface area (Å²) in [6.45, 7) is 2.23. The fourth-order valence-electron chi connectivity index (χ4n) is 3.26. The van der Waals surface area contributed by atoms with Gasteiger partial charge in [-0.25, -0.2) is 8.78 Å². The highest BCUT2D eigenvalue weighted by molar-refractivity contribution is 5.95. The van der Waals surface area contributed by atoms with Gasteiger partial charge in [-0.2, -0.15) is 0 Å². The van der Waals surface area contributed by atoms with E-state index in [2.05, 4.69) is 15.5 Å². The van der Waals surface area contributed by atoms with Crippen LogP contribution < -0.4 is 5.32 Å². The van der Waals surface area contributed by atoms with Crippen LogP contribution in [0.4, 0.5) is 8.78 Å². The maximum atomic E-state index is 14.1. The lowest BCUT2D eigenvalue weighted by atomic mass is 9.79. The Hall–Kier alpha value is -2.39. The highest BCUT2D eigenvalue weighted by Gasteiger charge is 2.36. The van der Waals surface area contributed by atoms with Gasteiger partial charge in [0.25, 0.3) is 5.91 Å². The monoisotopic (exact) mass is 380 g/mol. The van der Waals surface area contributed by atoms with Gasteiger partial charge in [-0.15, -0.1) is 10.2 Å². The molecule has 1 aromatic heterocycles. The molecular weight excluding hydrogens is 358 g/mol. The number of hydrogen-bond acceptors (Lipinski definition) is 5. The Morgan fingerprint density at radius 3 is 2.78 bits per heavy atom. The molecular formula is C18H22F2N4O3. The van der Waals surface area contributed by atoms with Crippen molar-refractivity contribution in [2.75, 3.05) is 13.7 Å². The second kappa shape index (κ2) is 8.10. The minimum atomic E-state index is -0.877. The van der Waals surface area contributed by atoms with Crippen LogP contribution in [0.3, 0.4) is 0 Å². The molecule has 1 aliphatic carbocycles. The summed E-state index contributed by atoms with van der Waals surface area (Å²) >= 11 is 0. The lowest BCUT2D eigenvalue weighted by molar-refractivity contribution is 0.0897. The molecule has 0 radical (unpaired) electrons. The molecule has 1 heterocycles. The molecule has 9 heteroatoms. The average molecular weight is 380 g/mol. The SMILES string of the molecule is COCCn1c(CO)nnc1C1CC(NC(=O)c2c(F)ccc(C)c2F)C1. The number of aromatic nitrogens is 3. The van der Waals surface area contributed by atoms with Gasteiger partial charge in [-0.3, -0.25) is 4.79 Å². The smallest absolute Gasteiger partial charge is 0.257 e. The maximum absolute atomic E-state index is 14.1. The number of ether oxygens (including phenoxy) is 1. The van der Waals surface area contributed by atoms with Crippen LogP contribution in [-0.4, -0.2) is 45.5 Å². The van der Waals surface area contributed by atoms with E-state index in [-0.39, 0.29) is 24.1 Å². The molecule has 0 spiro atoms. The number of aliphatic hydroxyl groups excluding tert-OH is 1. The molecule has 1 fully saturated rings. The van der Waals surface area contributed by atoms with E-state index in [9.17, 15) is 18.7 Å². The first-order valence-corrected chi connectivity index (χ1v) is 8.73. The predicted molar refractivity (Wildman–Crippen MR) is 92.1 cm³/mol. The van der Waals surface area contributed by atoms with Crippen LogP contribution in [-0.2, 0) is 17.9 Å². The molecule has 2 N–H and O–H groups in total. The van der Waals surface area contributed by atoms with E-state index in [0.717, 1.165) is 11.9 Å². The van der Waals surface area contributed by atoms with Gasteiger partial charge in [-0.05, 0) is 31.4 Å². The van der Waals surface area contributed by atoms with Crippen molar-refractivity contribution >= 4 is 5.91 Å². The second-order valence-corrected chi connectivity index (χ2v) is 6.67. The minimum absolute atomic E-state index is 0.0483. The molecule has 27 heavy (non-hydrogen) atoms. The number of carbonyl (C=O) groups excluding carboxylic acids is 1. The van der Waals surface area contributed by atoms with Crippen LogP contribution in [0, 0.1) is 18.6 Å². The largest absolute Gasteiger partial charge is 0.388 e. The molecule has 0 bridgehead atoms. The third kappa shape index (κ3) is 3.84. The molecule has 1 saturated carbocycles. The van der Waals surface area contributed by atoms with Gasteiger partial charge in [0.05, 0.1) is 6.61 Å². The van der Waals surface area contributed by atoms with Gasteiger partial charge >= 0.3 is 0 Å². The number of benzene rings is 1. The first-order valence-electron chi connectivity index (χ1n) is 8.73. The van der Waals surface area contributed by atoms with Crippen LogP contribution in [0.1, 0.15) is 46.3 Å². The zero-order valence-electron chi connectivity index (χ0n) is 15.2. The molecule has 0 unspecified atom stereocenters. The summed E-state index contributed by atoms with van der Waals surface area (Å²) in [6.07, 6.45) is 1.16. The zero-order chi connectivity index (χ0) is 19.6. The number of hydrogen-bond donors (Lipinski definition) is 2. The Bertz CT molecular complexity index is 834. The number of amides is 1. The number of carbonyl (C=O) groups is 1. The molecule has 1 amide bonds. The van der Waals surface area contributed by atoms with Gasteiger partial charge in [0, 0.05) is 25.6 Å². The standard InChI is InChI=1S/C18H22F2N4O3/c1-10-3-4-13(19)15(16(10)20)18(26)21-12-7-11(8-12)17-23-22-14(9-25)24(17)5-6-27-2/h3-4,11-12,25H,5-9H2,1-2H3,(H,21,26). The molecule has 1 aromatic carbocycles. The van der Waals surface area contributed by atoms with Gasteiger partial charge < -0.3 is 19.7 Å². The lowest BCUT2D eigenvalue weighted by Crippen LogP contribution is -2.44. The third-order valence-corrected chi connectivity index (χ3v) is 4.87. The number of nitrogens with zero attached hydrogens (tertiary/aromatic N) is 3. The van der Waals surface area contributed by atoms with Gasteiger partial charge in [0.2, 0.25) is 0 Å². The molecule has 7 nitrogen and oxygen atoms in total. The van der Waals surface area contributed by atoms with E-state index < -0.39 is 23.1 Å². The molecule has 2 aromatic rings. The minimum Gasteiger partial charge on any atom is -0.388 e. The summed E-state index contributed by atoms with van der Waals surface area (Å²) < 4.78 is 34.8. The summed E-state index contributed by atoms with van der Waals surface area (Å²) in [5.74, 6) is -1.25. The Kier molecular flexibility index (Phi) is 5.81. The number of aliphatic hydroxyl groups is 1. The van der Waals surface area contributed by atoms with Crippen molar-refractivity contribution in [3.63, 3.8) is 0 Å². The quantitative estimate of drug-likeness (QED) is 0.763. The predicted octanol–water partition coefficient (Wildman–Crippen LogP) is 1.68. The number of nitrogens with one attached hydrogen (secondary N) is 1. The van der Waals surface area contributed by atoms with Crippen molar-refractivity contribution in [3.8, 4) is 0 Å². The number of halogens is 2. The van der Waals surface area contributed by atoms with Crippen molar-refractivity contribution in [1.29, 1.82) is 0 Å². The topological polar surface area (TPSA) is 89.3 Å². The van der Waals surface area contributed by atoms with Crippen molar-refractivity contribution in [1.82, 2.24) is 20.1 Å². The second-order valence-electron chi connectivity index (χ2n) is 6.67. The van der Waals surface area contributed by atoms with Crippen LogP contribution in [0.15, 0.2) is 12.1 Å². The van der Waals surface area contributed by atoms with Crippen molar-refractivity contribution in [3.05, 3.63) is 46.5 Å². The summed E-state index contributed by atoms with van der Waals surface area (Å²) in [5, 5.41) is 20.2. The summed E-state index contributed by atoms with van der Waals surface area (Å²) in [4.78, 5) is 12.3. The molecule has 146 valence electrons. The van der Waals surface area contributed by atoms with Gasteiger partial charge in [0.1, 0.15) is 29.6 Å². The fraction of sp³-hybridized carbons (Fsp3) is 0.500. The number of aryl methyl sites for hydroxylation is 1. The molecule has 0 saturated heterocycles. The van der Waals surface area contributed by atoms with E-state index in [0.29, 0.717) is 31.8 Å². The molecule has 0 aliphatic heterocycles. The lowest BCUT2D eigenvalue weighted by Gasteiger charge is -2.35. The van der Waals surface area contributed by atoms with Crippen LogP contribution >= 0.6 is 0 Å². The Balaban J connectivity index is 1.65. The van der Waals surface area contributed by atoms with E-state index in [4.69, 9.17) is 4.74 Å². The first kappa shape index (κ1) is 19.4. The summed E-state index contributed by atoms with van der Waals surface area (Å²) in [7, 11) is 1.58. The zero-order valence-corrected chi connectivity index (χ0v) is 15.2. The van der Waals surface area contributed by atoms with Gasteiger partial charge in [-0.1, -0.05) is 6.07 Å². The molecule has 3 rings (SSSR count). The number of rotatable bonds is 7. The van der Waals surface area contributed by atoms with E-state index in [1.807, 2.05) is 4.57 Å². The average Bonchev–Trinajstić information content (AvgIpc) is 3.01. The Morgan fingerprint density at radius 1 is 1.37 bits per heavy atom. The van der Waals surface area contributed by atoms with E-state index in [1.165, 1.54) is 13.0 Å². The maximum Gasteiger partial charge on any atom is 0.257 e. The summed E-state index contributed by atoms with van der Waals surface area (Å²) in [5.41, 5.74) is -0.333. The highest BCUT2D eigenvalue weighted by Crippen LogP contribution is 2.36. The van der Waals surface area contributed by atoms with Crippen molar-refractivity contribution in [2.24, 2.45) is 0 Å². The summed E-state index contributed by atoms with van der Waals surface area (Å²) in [6, 6.07) is 2.19. The van der Waals surface area contributed by atoms with E-state index in [1.54, 1.807) is 7.11 Å². The Labute approximate surface area is 155 Å². The normalized spacial score (nSPS) is 19.0. The highest BCUT2D eigenvalue weighted by atomic mass is 19.1. The van der Waals surface area contributed by atoms with Crippen LogP contribution in [0.25, 0.3) is 0 Å². The molecule has 1 aliphatic rings. The first-order chi connectivity index (χ1) is 13.0. The Morgan fingerprint density at radius 2 is 2.11 bits per heavy atom. The van der Waals surface area contributed by atoms with Gasteiger partial charge in [0.15, 0.2) is 5.82 Å². The van der Waals surface area contributed by atoms with Crippen molar-refractivity contribution < 1.29 is 23.4 Å². The number of methoxy groups -OCH3 is 1. The third-order valence-electron chi connectivity index (χ3n) is 4.87. The van der Waals surface area contributed by atoms with Crippen LogP contribution in [0.5, 0.6) is 0 Å². The van der Waals surface area contributed by atoms with Crippen molar-refractivity contribution in [2.45, 2.75) is 44.9 Å². The van der Waals surface area contributed by atoms with Crippen LogP contribution in [0.2, 0.25) is 0 Å².